The second kappa shape index (κ2) is 11.7. The summed E-state index contributed by atoms with van der Waals surface area (Å²) in [7, 11) is 0. The van der Waals surface area contributed by atoms with Crippen LogP contribution in [0.25, 0.3) is 20.5 Å². The molecule has 42 heavy (non-hydrogen) atoms. The highest BCUT2D eigenvalue weighted by Crippen LogP contribution is 2.45. The van der Waals surface area contributed by atoms with Crippen molar-refractivity contribution >= 4 is 27.2 Å². The summed E-state index contributed by atoms with van der Waals surface area (Å²) in [5.74, 6) is 1.55. The minimum absolute atomic E-state index is 0. The third-order valence-electron chi connectivity index (χ3n) is 9.41. The number of hydrogen-bond donors (Lipinski definition) is 1. The predicted octanol–water partition coefficient (Wildman–Crippen LogP) is 40.0. The Kier molecular flexibility index (Phi) is 7.35. The van der Waals surface area contributed by atoms with E-state index in [0.717, 1.165) is 54.1 Å². The number of piperidine rings is 1. The summed E-state index contributed by atoms with van der Waals surface area (Å²) in [5, 5.41) is 7.22. The van der Waals surface area contributed by atoms with Crippen molar-refractivity contribution in [1.82, 2.24) is 4.90 Å². The van der Waals surface area contributed by atoms with Crippen molar-refractivity contribution < 1.29 is 202 Å². The number of ketones is 1. The van der Waals surface area contributed by atoms with Gasteiger partial charge in [0, 0.05) is 239 Å². The van der Waals surface area contributed by atoms with E-state index in [4.69, 9.17) is 14.1 Å². The number of ether oxygens (including phenoxy) is 1. The highest BCUT2D eigenvalue weighted by molar-refractivity contribution is 7.23. The molecule has 6 heteroatoms. The highest BCUT2D eigenvalue weighted by Gasteiger charge is 2.30. The quantitative estimate of drug-likeness (QED) is 0.135. The lowest BCUT2D eigenvalue weighted by atomic mass is 9.90. The van der Waals surface area contributed by atoms with Crippen LogP contribution in [0.15, 0.2) is 36.4 Å². The zero-order chi connectivity index (χ0) is 32.7. The lowest BCUT2D eigenvalue weighted by Gasteiger charge is -2.42. The van der Waals surface area contributed by atoms with Gasteiger partial charge in [-0.15, -0.1) is 11.3 Å². The van der Waals surface area contributed by atoms with Gasteiger partial charge in [0.25, 0.3) is 7.18 Å². The van der Waals surface area contributed by atoms with Crippen molar-refractivity contribution in [3.05, 3.63) is 75.3 Å². The molecule has 4 aromatic rings. The van der Waals surface area contributed by atoms with E-state index in [9.17, 15) is 4.79 Å². The summed E-state index contributed by atoms with van der Waals surface area (Å²) < 4.78 is 30.1. The number of aryl methyl sites for hydroxylation is 2. The van der Waals surface area contributed by atoms with E-state index in [1.165, 1.54) is 35.7 Å². The molecule has 1 saturated heterocycles. The molecule has 3 atom stereocenters. The second-order valence-corrected chi connectivity index (χ2v) is 13.3. The van der Waals surface area contributed by atoms with E-state index in [2.05, 4.69) is 25.7 Å². The van der Waals surface area contributed by atoms with E-state index in [-0.39, 0.29) is 194 Å². The maximum atomic E-state index is 14.7. The number of carbonyl (C=O) groups is 1. The number of thiophene rings is 1. The SMILES string of the molecule is [2H]Oc1cc2sc(-c3ccc([O+]([2H])[2H])cc3C)c(C(=O)c3ccc(OCC(C)N4C(C)CCCC4C)c(C)c3C)c2c(C)c1C.[HH].[HH].[HH].[HH].[HH].[HH].[HH].[HH].[HH].[HH].[HH].[HH].[HH].[HH].[HH].[HH].[HH].[HH].[HH].[HH].[HH].[HH].[HH].[HH].[HH].[HH].[HH].[HH].[HH].[HH].[HH].[HH].[HH].[HH].[HH].[HH].[HH].[HH].[HH].[HH].[HH].[HH].[HH].[HH].[HH].[HH].[HH].[HH].[HH].[HH].[HH].[HH].[HH].[HH].[HH].[HH].[HH].[HH].[HH].[HH].[HH].[HH].[HH].[HH].[HH].[HH].[HH].[HH].[HH].[HH].[HH].[HH].[HH].[HH].[HH].[HH].[HH].[HH].[HH].[HH].[HH].[HH].[HH].[HH].[HH].[HH].[HH].[HH].[HH].[HH].[HH].[HH].[HH].[HH].[HH].[HH].[HH].[HH].[HH].[HH].[HH].[HH].[HH].[HH].[HH].[HH].[HH].[HH].[HH].[HH].[HH].[HH].[HH].[HH].[HH].[HH].[HH].[HH].[HH].[HH].[HH].[HH].[HH].[HH].[HH].[HH].[HH].[HH]. The van der Waals surface area contributed by atoms with Crippen LogP contribution in [0.3, 0.4) is 0 Å². The molecule has 5 nitrogen and oxygen atoms in total. The van der Waals surface area contributed by atoms with E-state index < -0.39 is 0 Å². The number of rotatable bonds is 9. The fraction of sp³-hybridized carbons (Fsp3) is 0.417. The van der Waals surface area contributed by atoms with Crippen LogP contribution in [0.4, 0.5) is 0 Å². The Morgan fingerprint density at radius 2 is 1.83 bits per heavy atom. The van der Waals surface area contributed by atoms with E-state index >= 15 is 0 Å². The molecule has 0 amide bonds. The third-order valence-corrected chi connectivity index (χ3v) is 10.6. The van der Waals surface area contributed by atoms with Crippen LogP contribution in [0.1, 0.15) is 266 Å². The van der Waals surface area contributed by atoms with E-state index in [1.54, 1.807) is 12.1 Å². The first-order valence-corrected chi connectivity index (χ1v) is 15.8. The van der Waals surface area contributed by atoms with Gasteiger partial charge >= 0.3 is 2.86 Å². The second-order valence-electron chi connectivity index (χ2n) is 12.2. The van der Waals surface area contributed by atoms with Gasteiger partial charge in [0.1, 0.15) is 18.1 Å². The molecule has 0 spiro atoms. The number of hydrogen-bond acceptors (Lipinski definition) is 5. The zero-order valence-corrected chi connectivity index (χ0v) is 26.8. The predicted molar refractivity (Wildman–Crippen MR) is 446 cm³/mol. The van der Waals surface area contributed by atoms with Gasteiger partial charge in [-0.25, -0.2) is 0 Å². The van der Waals surface area contributed by atoms with Crippen molar-refractivity contribution in [2.24, 2.45) is 0 Å². The number of phenolic OH excluding ortho intramolecular Hbond substituents is 1. The van der Waals surface area contributed by atoms with Crippen molar-refractivity contribution in [2.75, 3.05) is 6.61 Å². The van der Waals surface area contributed by atoms with Gasteiger partial charge in [-0.05, 0) is 126 Å². The van der Waals surface area contributed by atoms with E-state index in [0.29, 0.717) is 41.3 Å². The molecule has 3 N–H and O–H groups in total. The minimum atomic E-state index is -0.0739. The van der Waals surface area contributed by atoms with E-state index in [1.807, 2.05) is 58.9 Å². The monoisotopic (exact) mass is 847 g/mol. The lowest BCUT2D eigenvalue weighted by molar-refractivity contribution is 0.0396. The average molecular weight is 848 g/mol. The van der Waals surface area contributed by atoms with Crippen LogP contribution >= 0.6 is 11.3 Å². The average Bonchev–Trinajstić information content (AvgIpc) is 3.38. The molecule has 0 radical (unpaired) electrons. The Labute approximate surface area is 448 Å². The largest absolute Gasteiger partial charge is 0.593 e. The molecule has 5 rings (SSSR count). The molecule has 1 fully saturated rings. The molecule has 2 heterocycles. The Bertz CT molecular complexity index is 1860. The van der Waals surface area contributed by atoms with Gasteiger partial charge in [-0.3, -0.25) is 9.69 Å². The summed E-state index contributed by atoms with van der Waals surface area (Å²) in [6, 6.07) is 12.3. The summed E-state index contributed by atoms with van der Waals surface area (Å²) in [6.45, 7) is 17.2. The molecular weight excluding hydrogens is 542 g/mol. The first-order chi connectivity index (χ1) is 21.3. The molecule has 1 aliphatic rings. The van der Waals surface area contributed by atoms with Crippen LogP contribution in [0.2, 0.25) is 0 Å². The molecule has 1 aromatic heterocycles. The molecule has 3 aromatic carbocycles. The number of aromatic hydroxyl groups is 1. The molecule has 0 saturated carbocycles. The molecule has 1 aliphatic heterocycles. The van der Waals surface area contributed by atoms with Crippen molar-refractivity contribution in [1.29, 1.82) is 4.29 Å². The van der Waals surface area contributed by atoms with Gasteiger partial charge in [0.05, 0.1) is 0 Å². The Balaban J connectivity index is -0.00000000154. The third kappa shape index (κ3) is 5.31. The minimum Gasteiger partial charge on any atom is -0.593 e. The van der Waals surface area contributed by atoms with Gasteiger partial charge in [0.2, 0.25) is 0 Å². The number of fused-ring (bicyclic) bond motifs is 1. The maximum absolute atomic E-state index is 14.7. The number of nitrogens with zero attached hydrogens (tertiary/aromatic N) is 1. The van der Waals surface area contributed by atoms with Crippen molar-refractivity contribution in [3.63, 3.8) is 0 Å². The molecule has 0 bridgehead atoms. The van der Waals surface area contributed by atoms with Gasteiger partial charge < -0.3 is 15.0 Å². The van der Waals surface area contributed by atoms with Crippen LogP contribution in [0.5, 0.6) is 17.2 Å². The number of carbonyl (C=O) groups excluding carboxylic acids is 1. The Hall–Kier alpha value is -3.35. The van der Waals surface area contributed by atoms with Crippen LogP contribution in [-0.4, -0.2) is 49.9 Å². The maximum Gasteiger partial charge on any atom is 0.555 e. The standard InChI is InChI=1S/C36H43NO4S.128H2/c1-19-16-27(38)12-13-28(19)36-34(33-26(8)24(6)30(39)17-32(33)42-36)35(40)29-14-15-31(25(7)23(29)5)41-18-22(4)37-20(2)10-9-11-21(37)3;;;;;;;;;;;;;;;;;;;;;;;;;;;;;;;;;;;;;;;;;;;;;;;;;;;;;;;;;;;;;;;;;;;;;;;;;;;;;;;;;;;;;;;;;;;;;;;;;;;;;;;;;;;;;;;;;;;;;;;;;;;;;;;;/h12-17,20-22,38-39H,9-11,18H2,1-8H3;128*1H/p+1/i/hD3. The van der Waals surface area contributed by atoms with Crippen molar-refractivity contribution in [3.8, 4) is 27.7 Å². The zero-order valence-electron chi connectivity index (χ0n) is 29.0. The van der Waals surface area contributed by atoms with Gasteiger partial charge in [0.15, 0.2) is 5.78 Å². The summed E-state index contributed by atoms with van der Waals surface area (Å²) in [6.07, 6.45) is 3.71. The Morgan fingerprint density at radius 3 is 2.50 bits per heavy atom. The number of likely N-dealkylation sites (tertiary alicyclic amines) is 1. The first-order valence-electron chi connectivity index (χ1n) is 16.2. The summed E-state index contributed by atoms with van der Waals surface area (Å²) in [4.78, 5) is 18.1. The fourth-order valence-electron chi connectivity index (χ4n) is 6.76. The van der Waals surface area contributed by atoms with Crippen LogP contribution in [0, 0.1) is 34.6 Å². The summed E-state index contributed by atoms with van der Waals surface area (Å²) >= 11 is 1.49. The Morgan fingerprint density at radius 1 is 1.10 bits per heavy atom. The number of benzene rings is 3. The first kappa shape index (κ1) is 26.3. The fourth-order valence-corrected chi connectivity index (χ4v) is 8.14. The highest BCUT2D eigenvalue weighted by atomic mass is 32.1. The van der Waals surface area contributed by atoms with Gasteiger partial charge in [-0.1, -0.05) is 6.42 Å². The smallest absolute Gasteiger partial charge is 0.555 e. The van der Waals surface area contributed by atoms with Crippen LogP contribution < -0.4 is 4.74 Å². The van der Waals surface area contributed by atoms with Gasteiger partial charge in [-0.2, -0.15) is 0 Å². The number of phenols is 1. The van der Waals surface area contributed by atoms with Crippen molar-refractivity contribution in [2.45, 2.75) is 92.8 Å². The molecule has 0 aliphatic carbocycles. The molecule has 478 valence electrons. The normalized spacial score (nSPS) is 19.2. The topological polar surface area (TPSA) is 72.7 Å². The lowest BCUT2D eigenvalue weighted by Crippen LogP contribution is -2.50. The summed E-state index contributed by atoms with van der Waals surface area (Å²) in [5.41, 5.74) is 6.51. The molecular formula is C36H300NO4S+. The molecule has 3 unspecified atom stereocenters. The van der Waals surface area contributed by atoms with Crippen LogP contribution in [-0.2, 0) is 0 Å².